The van der Waals surface area contributed by atoms with Crippen molar-refractivity contribution in [3.8, 4) is 11.8 Å². The minimum absolute atomic E-state index is 0.558. The molecule has 5 nitrogen and oxygen atoms in total. The number of nitrogens with one attached hydrogen (secondary N) is 1. The lowest BCUT2D eigenvalue weighted by molar-refractivity contribution is -0.180. The Labute approximate surface area is 170 Å². The topological polar surface area (TPSA) is 67.2 Å². The van der Waals surface area contributed by atoms with Gasteiger partial charge in [-0.15, -0.1) is 0 Å². The van der Waals surface area contributed by atoms with E-state index in [2.05, 4.69) is 35.9 Å². The van der Waals surface area contributed by atoms with Crippen molar-refractivity contribution in [1.29, 1.82) is 5.26 Å². The lowest BCUT2D eigenvalue weighted by Gasteiger charge is -2.34. The summed E-state index contributed by atoms with van der Waals surface area (Å²) in [5.74, 6) is 0.266. The summed E-state index contributed by atoms with van der Waals surface area (Å²) in [5.41, 5.74) is 5.09. The van der Waals surface area contributed by atoms with Gasteiger partial charge >= 0.3 is 0 Å². The number of allylic oxidation sites excluding steroid dienone is 2. The van der Waals surface area contributed by atoms with Crippen LogP contribution in [-0.2, 0) is 17.8 Å². The molecule has 0 aromatic carbocycles. The van der Waals surface area contributed by atoms with Gasteiger partial charge in [-0.3, -0.25) is 4.98 Å². The summed E-state index contributed by atoms with van der Waals surface area (Å²) in [5, 5.41) is 12.2. The number of hydrogen-bond acceptors (Lipinski definition) is 5. The first-order valence-electron chi connectivity index (χ1n) is 10.1. The second-order valence-electron chi connectivity index (χ2n) is 7.20. The highest BCUT2D eigenvalue weighted by Gasteiger charge is 2.30. The number of aromatic nitrogens is 1. The van der Waals surface area contributed by atoms with Crippen molar-refractivity contribution in [3.63, 3.8) is 0 Å². The van der Waals surface area contributed by atoms with Crippen molar-refractivity contribution >= 4 is 0 Å². The normalized spacial score (nSPS) is 14.8. The molecule has 1 aliphatic heterocycles. The summed E-state index contributed by atoms with van der Waals surface area (Å²) in [7, 11) is 0. The molecular weight excluding hydrogens is 350 g/mol. The van der Waals surface area contributed by atoms with E-state index in [-0.39, 0.29) is 0 Å². The van der Waals surface area contributed by atoms with Crippen molar-refractivity contribution < 1.29 is 9.47 Å². The fourth-order valence-electron chi connectivity index (χ4n) is 2.84. The molecule has 1 N–H and O–H groups in total. The second kappa shape index (κ2) is 11.6. The van der Waals surface area contributed by atoms with Crippen LogP contribution >= 0.6 is 0 Å². The molecule has 0 aliphatic carbocycles. The average molecular weight is 386 g/mol. The van der Waals surface area contributed by atoms with Crippen molar-refractivity contribution in [3.05, 3.63) is 46.8 Å². The third-order valence-corrected chi connectivity index (χ3v) is 4.39. The maximum Gasteiger partial charge on any atom is 0.205 e. The van der Waals surface area contributed by atoms with Gasteiger partial charge in [0.2, 0.25) is 5.79 Å². The smallest absolute Gasteiger partial charge is 0.205 e. The lowest BCUT2D eigenvalue weighted by atomic mass is 10.0. The SMILES string of the molecule is C=C(C#N)CC/C=C(\C)CNCCc1cnc(C)c2c1COC(C)(C)O2.CC. The first kappa shape index (κ1) is 23.9. The summed E-state index contributed by atoms with van der Waals surface area (Å²) in [6, 6.07) is 2.08. The van der Waals surface area contributed by atoms with Crippen molar-refractivity contribution in [2.45, 2.75) is 73.2 Å². The number of fused-ring (bicyclic) bond motifs is 1. The molecule has 28 heavy (non-hydrogen) atoms. The molecule has 0 atom stereocenters. The Bertz CT molecular complexity index is 730. The number of nitriles is 1. The lowest BCUT2D eigenvalue weighted by Crippen LogP contribution is -2.36. The summed E-state index contributed by atoms with van der Waals surface area (Å²) in [4.78, 5) is 4.48. The summed E-state index contributed by atoms with van der Waals surface area (Å²) in [6.45, 7) is 17.9. The molecule has 1 aromatic heterocycles. The molecule has 154 valence electrons. The van der Waals surface area contributed by atoms with Gasteiger partial charge in [0, 0.05) is 37.7 Å². The minimum atomic E-state index is -0.602. The van der Waals surface area contributed by atoms with Crippen LogP contribution in [0.15, 0.2) is 30.0 Å². The van der Waals surface area contributed by atoms with E-state index in [9.17, 15) is 0 Å². The van der Waals surface area contributed by atoms with Crippen LogP contribution in [0.5, 0.6) is 5.75 Å². The molecule has 0 unspecified atom stereocenters. The largest absolute Gasteiger partial charge is 0.461 e. The number of hydrogen-bond donors (Lipinski definition) is 1. The van der Waals surface area contributed by atoms with E-state index in [4.69, 9.17) is 14.7 Å². The molecule has 1 aromatic rings. The molecule has 0 bridgehead atoms. The first-order chi connectivity index (χ1) is 13.3. The van der Waals surface area contributed by atoms with Gasteiger partial charge in [0.05, 0.1) is 18.4 Å². The number of aryl methyl sites for hydroxylation is 1. The van der Waals surface area contributed by atoms with Crippen LogP contribution in [0.1, 0.15) is 64.3 Å². The number of nitrogens with zero attached hydrogens (tertiary/aromatic N) is 2. The minimum Gasteiger partial charge on any atom is -0.461 e. The zero-order chi connectivity index (χ0) is 21.2. The van der Waals surface area contributed by atoms with Crippen LogP contribution in [0.25, 0.3) is 0 Å². The monoisotopic (exact) mass is 385 g/mol. The number of pyridine rings is 1. The van der Waals surface area contributed by atoms with Crippen LogP contribution in [0.3, 0.4) is 0 Å². The third-order valence-electron chi connectivity index (χ3n) is 4.39. The highest BCUT2D eigenvalue weighted by molar-refractivity contribution is 5.43. The molecule has 2 heterocycles. The van der Waals surface area contributed by atoms with Crippen molar-refractivity contribution in [2.75, 3.05) is 13.1 Å². The van der Waals surface area contributed by atoms with Crippen LogP contribution in [-0.4, -0.2) is 23.9 Å². The average Bonchev–Trinajstić information content (AvgIpc) is 2.68. The van der Waals surface area contributed by atoms with Crippen molar-refractivity contribution in [2.24, 2.45) is 0 Å². The fraction of sp³-hybridized carbons (Fsp3) is 0.565. The van der Waals surface area contributed by atoms with Crippen molar-refractivity contribution in [1.82, 2.24) is 10.3 Å². The van der Waals surface area contributed by atoms with Crippen LogP contribution < -0.4 is 10.1 Å². The van der Waals surface area contributed by atoms with Gasteiger partial charge in [-0.25, -0.2) is 0 Å². The van der Waals surface area contributed by atoms with Gasteiger partial charge < -0.3 is 14.8 Å². The highest BCUT2D eigenvalue weighted by Crippen LogP contribution is 2.35. The summed E-state index contributed by atoms with van der Waals surface area (Å²) < 4.78 is 11.8. The number of rotatable bonds is 8. The van der Waals surface area contributed by atoms with Crippen LogP contribution in [0.4, 0.5) is 0 Å². The Balaban J connectivity index is 0.00000190. The van der Waals surface area contributed by atoms with E-state index in [1.54, 1.807) is 0 Å². The second-order valence-corrected chi connectivity index (χ2v) is 7.20. The van der Waals surface area contributed by atoms with Crippen LogP contribution in [0, 0.1) is 18.3 Å². The standard InChI is InChI=1S/C21H29N3O2.C2H6/c1-15(11-22)7-6-8-16(2)12-23-10-9-18-13-24-17(3)20-19(18)14-25-21(4,5)26-20;1-2/h8,13,23H,1,6-7,9-10,12,14H2,2-5H3;1-2H3/b16-8+;. The summed E-state index contributed by atoms with van der Waals surface area (Å²) in [6.07, 6.45) is 6.55. The van der Waals surface area contributed by atoms with Gasteiger partial charge in [-0.2, -0.15) is 5.26 Å². The maximum absolute atomic E-state index is 8.71. The summed E-state index contributed by atoms with van der Waals surface area (Å²) >= 11 is 0. The molecule has 0 saturated heterocycles. The Morgan fingerprint density at radius 1 is 1.43 bits per heavy atom. The molecule has 0 amide bonds. The van der Waals surface area contributed by atoms with Crippen LogP contribution in [0.2, 0.25) is 0 Å². The van der Waals surface area contributed by atoms with Gasteiger partial charge in [-0.05, 0) is 45.2 Å². The molecule has 0 fully saturated rings. The maximum atomic E-state index is 8.71. The predicted octanol–water partition coefficient (Wildman–Crippen LogP) is 5.00. The predicted molar refractivity (Wildman–Crippen MR) is 114 cm³/mol. The van der Waals surface area contributed by atoms with E-state index in [0.29, 0.717) is 12.2 Å². The Morgan fingerprint density at radius 3 is 2.82 bits per heavy atom. The fourth-order valence-corrected chi connectivity index (χ4v) is 2.84. The van der Waals surface area contributed by atoms with Gasteiger partial charge in [0.25, 0.3) is 0 Å². The quantitative estimate of drug-likeness (QED) is 0.387. The number of ether oxygens (including phenoxy) is 2. The van der Waals surface area contributed by atoms with E-state index in [1.165, 1.54) is 11.1 Å². The van der Waals surface area contributed by atoms with E-state index >= 15 is 0 Å². The van der Waals surface area contributed by atoms with Gasteiger partial charge in [-0.1, -0.05) is 32.1 Å². The molecule has 0 spiro atoms. The molecule has 2 rings (SSSR count). The zero-order valence-corrected chi connectivity index (χ0v) is 18.3. The Hall–Kier alpha value is -2.16. The highest BCUT2D eigenvalue weighted by atomic mass is 16.7. The molecule has 0 radical (unpaired) electrons. The third kappa shape index (κ3) is 7.46. The molecule has 0 saturated carbocycles. The molecule has 5 heteroatoms. The zero-order valence-electron chi connectivity index (χ0n) is 18.3. The van der Waals surface area contributed by atoms with E-state index in [1.807, 2.05) is 40.8 Å². The Morgan fingerprint density at radius 2 is 2.14 bits per heavy atom. The Kier molecular flexibility index (Phi) is 9.92. The first-order valence-corrected chi connectivity index (χ1v) is 10.1. The molecule has 1 aliphatic rings. The van der Waals surface area contributed by atoms with Gasteiger partial charge in [0.15, 0.2) is 0 Å². The van der Waals surface area contributed by atoms with E-state index < -0.39 is 5.79 Å². The molecular formula is C23H35N3O2. The van der Waals surface area contributed by atoms with Gasteiger partial charge in [0.1, 0.15) is 5.75 Å². The van der Waals surface area contributed by atoms with E-state index in [0.717, 1.165) is 49.4 Å².